The van der Waals surface area contributed by atoms with Gasteiger partial charge in [-0.2, -0.15) is 0 Å². The first-order valence-corrected chi connectivity index (χ1v) is 25.9. The maximum Gasteiger partial charge on any atom is 0.337 e. The van der Waals surface area contributed by atoms with Crippen molar-refractivity contribution in [3.8, 4) is 0 Å². The van der Waals surface area contributed by atoms with Crippen LogP contribution >= 0.6 is 0 Å². The highest BCUT2D eigenvalue weighted by atomic mass is 19.3. The van der Waals surface area contributed by atoms with Gasteiger partial charge in [-0.3, -0.25) is 4.79 Å². The highest BCUT2D eigenvalue weighted by molar-refractivity contribution is 6.03. The van der Waals surface area contributed by atoms with Crippen LogP contribution in [0, 0.1) is 17.5 Å². The zero-order chi connectivity index (χ0) is 64.1. The predicted molar refractivity (Wildman–Crippen MR) is 277 cm³/mol. The minimum absolute atomic E-state index is 0.0329. The smallest absolute Gasteiger partial charge is 0.337 e. The summed E-state index contributed by atoms with van der Waals surface area (Å²) in [5.74, 6) is -13.2. The standard InChI is InChI=1S/C22H23F4NO6.2C18H15F4NO4/c1-4-32-22(30)20-16(10-33-11(2)28)27-15(9-23)19(21(29)31-3)18(20)12-6-5-7-14(24)13(12)8-17(25)26;2*1-26-17(24)15-11(6-19)23-12-7-27-18(25)16(12)14(15)8-3-2-4-10(20)9(8)5-13(21)22/h5-7,17-18,27H,4,8-10H2,1-3H3;2*2-4,13-14,23H,5-7H2,1H3/t;2*14-/m.10/s1. The highest BCUT2D eigenvalue weighted by Gasteiger charge is 2.46. The number of rotatable bonds is 19. The number of carbonyl (C=O) groups is 7. The summed E-state index contributed by atoms with van der Waals surface area (Å²) in [6, 6.07) is 10.6. The molecule has 3 N–H and O–H groups in total. The summed E-state index contributed by atoms with van der Waals surface area (Å²) in [7, 11) is 3.13. The molecule has 8 rings (SSSR count). The van der Waals surface area contributed by atoms with Gasteiger partial charge in [-0.25, -0.2) is 81.5 Å². The van der Waals surface area contributed by atoms with Crippen molar-refractivity contribution >= 4 is 41.8 Å². The molecule has 0 bridgehead atoms. The van der Waals surface area contributed by atoms with Crippen LogP contribution in [0.4, 0.5) is 52.7 Å². The number of esters is 7. The van der Waals surface area contributed by atoms with Crippen LogP contribution in [0.2, 0.25) is 0 Å². The van der Waals surface area contributed by atoms with Gasteiger partial charge in [0.1, 0.15) is 57.3 Å². The van der Waals surface area contributed by atoms with Gasteiger partial charge in [0.05, 0.1) is 113 Å². The van der Waals surface area contributed by atoms with E-state index >= 15 is 0 Å². The summed E-state index contributed by atoms with van der Waals surface area (Å²) in [5, 5.41) is 7.81. The fourth-order valence-electron chi connectivity index (χ4n) is 10.3. The van der Waals surface area contributed by atoms with Crippen molar-refractivity contribution in [3.63, 3.8) is 0 Å². The fourth-order valence-corrected chi connectivity index (χ4v) is 10.3. The Balaban J connectivity index is 0.000000210. The van der Waals surface area contributed by atoms with E-state index in [2.05, 4.69) is 25.4 Å². The zero-order valence-electron chi connectivity index (χ0n) is 46.5. The minimum Gasteiger partial charge on any atom is -0.466 e. The van der Waals surface area contributed by atoms with E-state index < -0.39 is 153 Å². The fraction of sp³-hybridized carbons (Fsp3) is 0.362. The van der Waals surface area contributed by atoms with Crippen LogP contribution in [0.5, 0.6) is 0 Å². The van der Waals surface area contributed by atoms with Crippen LogP contribution in [0.15, 0.2) is 122 Å². The number of nitrogens with one attached hydrogen (secondary N) is 3. The van der Waals surface area contributed by atoms with Crippen molar-refractivity contribution in [1.82, 2.24) is 16.0 Å². The zero-order valence-corrected chi connectivity index (χ0v) is 46.5. The molecule has 5 aliphatic heterocycles. The lowest BCUT2D eigenvalue weighted by molar-refractivity contribution is -0.142. The summed E-state index contributed by atoms with van der Waals surface area (Å²) in [4.78, 5) is 86.1. The van der Waals surface area contributed by atoms with Gasteiger partial charge in [0.25, 0.3) is 0 Å². The van der Waals surface area contributed by atoms with Gasteiger partial charge in [0.2, 0.25) is 19.3 Å². The Morgan fingerprint density at radius 2 is 0.839 bits per heavy atom. The molecule has 468 valence electrons. The Morgan fingerprint density at radius 1 is 0.506 bits per heavy atom. The Hall–Kier alpha value is -9.05. The largest absolute Gasteiger partial charge is 0.466 e. The lowest BCUT2D eigenvalue weighted by Gasteiger charge is -2.32. The van der Waals surface area contributed by atoms with Gasteiger partial charge in [0.15, 0.2) is 0 Å². The van der Waals surface area contributed by atoms with Gasteiger partial charge in [-0.05, 0) is 58.5 Å². The number of dihydropyridines is 3. The van der Waals surface area contributed by atoms with Gasteiger partial charge in [-0.15, -0.1) is 0 Å². The second-order valence-electron chi connectivity index (χ2n) is 18.8. The molecule has 0 amide bonds. The van der Waals surface area contributed by atoms with Crippen LogP contribution in [-0.4, -0.2) is 129 Å². The van der Waals surface area contributed by atoms with Crippen molar-refractivity contribution in [2.24, 2.45) is 0 Å². The quantitative estimate of drug-likeness (QED) is 0.0586. The Kier molecular flexibility index (Phi) is 23.0. The lowest BCUT2D eigenvalue weighted by atomic mass is 9.78. The second kappa shape index (κ2) is 29.8. The molecule has 0 spiro atoms. The van der Waals surface area contributed by atoms with E-state index in [-0.39, 0.29) is 110 Å². The van der Waals surface area contributed by atoms with Crippen molar-refractivity contribution in [2.75, 3.05) is 67.8 Å². The summed E-state index contributed by atoms with van der Waals surface area (Å²) in [6.07, 6.45) is -11.6. The molecule has 0 aromatic heterocycles. The first kappa shape index (κ1) is 67.1. The van der Waals surface area contributed by atoms with Gasteiger partial charge in [0, 0.05) is 26.2 Å². The van der Waals surface area contributed by atoms with E-state index in [1.165, 1.54) is 43.3 Å². The van der Waals surface area contributed by atoms with Gasteiger partial charge >= 0.3 is 41.8 Å². The van der Waals surface area contributed by atoms with Gasteiger partial charge < -0.3 is 49.1 Å². The highest BCUT2D eigenvalue weighted by Crippen LogP contribution is 2.46. The molecule has 3 aromatic rings. The Labute approximate surface area is 487 Å². The molecule has 0 fully saturated rings. The van der Waals surface area contributed by atoms with Crippen molar-refractivity contribution < 1.29 is 119 Å². The number of methoxy groups -OCH3 is 3. The van der Waals surface area contributed by atoms with Crippen molar-refractivity contribution in [3.05, 3.63) is 173 Å². The number of halogens is 12. The third-order valence-corrected chi connectivity index (χ3v) is 13.7. The number of ether oxygens (including phenoxy) is 7. The molecule has 0 radical (unpaired) electrons. The summed E-state index contributed by atoms with van der Waals surface area (Å²) < 4.78 is 197. The molecular weight excluding hydrogens is 1190 g/mol. The number of hydrogen-bond donors (Lipinski definition) is 3. The van der Waals surface area contributed by atoms with E-state index in [9.17, 15) is 86.2 Å². The third kappa shape index (κ3) is 14.8. The van der Waals surface area contributed by atoms with Crippen LogP contribution in [-0.2, 0) is 86.0 Å². The molecule has 0 saturated carbocycles. The van der Waals surface area contributed by atoms with E-state index in [1.54, 1.807) is 0 Å². The predicted octanol–water partition coefficient (Wildman–Crippen LogP) is 8.15. The Morgan fingerprint density at radius 3 is 1.16 bits per heavy atom. The average molecular weight is 1240 g/mol. The van der Waals surface area contributed by atoms with Crippen LogP contribution in [0.1, 0.15) is 65.0 Å². The molecular formula is C58H53F12N3O14. The van der Waals surface area contributed by atoms with Gasteiger partial charge in [-0.1, -0.05) is 36.4 Å². The number of hydrogen-bond acceptors (Lipinski definition) is 17. The van der Waals surface area contributed by atoms with E-state index in [1.807, 2.05) is 0 Å². The molecule has 0 aliphatic carbocycles. The minimum atomic E-state index is -2.95. The normalized spacial score (nSPS) is 18.0. The maximum absolute atomic E-state index is 14.6. The van der Waals surface area contributed by atoms with E-state index in [0.717, 1.165) is 46.5 Å². The first-order valence-electron chi connectivity index (χ1n) is 25.9. The average Bonchev–Trinajstić information content (AvgIpc) is 1.86. The molecule has 1 unspecified atom stereocenters. The van der Waals surface area contributed by atoms with Crippen molar-refractivity contribution in [1.29, 1.82) is 0 Å². The molecule has 29 heteroatoms. The summed E-state index contributed by atoms with van der Waals surface area (Å²) in [6.45, 7) is -1.89. The molecule has 0 saturated heterocycles. The number of alkyl halides is 9. The van der Waals surface area contributed by atoms with Crippen LogP contribution < -0.4 is 16.0 Å². The monoisotopic (exact) mass is 1240 g/mol. The molecule has 3 aromatic carbocycles. The third-order valence-electron chi connectivity index (χ3n) is 13.7. The molecule has 5 aliphatic rings. The second-order valence-corrected chi connectivity index (χ2v) is 18.8. The van der Waals surface area contributed by atoms with Crippen LogP contribution in [0.25, 0.3) is 0 Å². The summed E-state index contributed by atoms with van der Waals surface area (Å²) in [5.41, 5.74) is -3.26. The van der Waals surface area contributed by atoms with E-state index in [4.69, 9.17) is 23.7 Å². The SMILES string of the molecule is CCOC(=O)C1=C(COC(C)=O)NC(CF)=C(C(=O)OC)C1c1cccc(F)c1CC(F)F.COC(=O)C1=C(CF)NC2=C(C(=O)OC2)[C@@H]1c1cccc(F)c1CC(F)F.COC(=O)C1=C(CF)NC2=C(C(=O)OC2)[C@H]1c1cccc(F)c1CC(F)F. The molecule has 3 atom stereocenters. The lowest BCUT2D eigenvalue weighted by Crippen LogP contribution is -2.36. The number of allylic oxidation sites excluding steroid dienone is 3. The van der Waals surface area contributed by atoms with Crippen LogP contribution in [0.3, 0.4) is 0 Å². The number of carbonyl (C=O) groups excluding carboxylic acids is 7. The number of benzene rings is 3. The topological polar surface area (TPSA) is 220 Å². The Bertz CT molecular complexity index is 3270. The van der Waals surface area contributed by atoms with Crippen molar-refractivity contribution in [2.45, 2.75) is 70.1 Å². The maximum atomic E-state index is 14.6. The molecule has 87 heavy (non-hydrogen) atoms. The summed E-state index contributed by atoms with van der Waals surface area (Å²) >= 11 is 0. The molecule has 5 heterocycles. The first-order chi connectivity index (χ1) is 41.4. The molecule has 17 nitrogen and oxygen atoms in total. The number of cyclic esters (lactones) is 2. The van der Waals surface area contributed by atoms with E-state index in [0.29, 0.717) is 0 Å².